The van der Waals surface area contributed by atoms with Crippen LogP contribution in [0, 0.1) is 5.92 Å². The minimum atomic E-state index is -0.192. The summed E-state index contributed by atoms with van der Waals surface area (Å²) in [7, 11) is 0. The Morgan fingerprint density at radius 1 is 0.871 bits per heavy atom. The van der Waals surface area contributed by atoms with Crippen LogP contribution >= 0.6 is 0 Å². The van der Waals surface area contributed by atoms with Crippen molar-refractivity contribution in [1.82, 2.24) is 9.55 Å². The van der Waals surface area contributed by atoms with Gasteiger partial charge in [-0.3, -0.25) is 9.59 Å². The Labute approximate surface area is 181 Å². The van der Waals surface area contributed by atoms with Gasteiger partial charge in [-0.2, -0.15) is 0 Å². The average molecular weight is 415 g/mol. The van der Waals surface area contributed by atoms with Crippen molar-refractivity contribution in [3.8, 4) is 11.4 Å². The summed E-state index contributed by atoms with van der Waals surface area (Å²) in [5.41, 5.74) is 3.98. The fourth-order valence-electron chi connectivity index (χ4n) is 4.13. The summed E-state index contributed by atoms with van der Waals surface area (Å²) in [5, 5.41) is 5.90. The molecule has 6 heteroatoms. The molecule has 0 saturated heterocycles. The Morgan fingerprint density at radius 3 is 2.29 bits per heavy atom. The van der Waals surface area contributed by atoms with Gasteiger partial charge in [-0.25, -0.2) is 4.98 Å². The van der Waals surface area contributed by atoms with Crippen LogP contribution in [-0.2, 0) is 17.8 Å². The third-order valence-corrected chi connectivity index (χ3v) is 5.97. The lowest BCUT2D eigenvalue weighted by atomic mass is 10.1. The molecule has 5 rings (SSSR count). The van der Waals surface area contributed by atoms with Crippen LogP contribution in [0.1, 0.15) is 48.3 Å². The summed E-state index contributed by atoms with van der Waals surface area (Å²) in [6.45, 7) is 0.884. The second kappa shape index (κ2) is 8.38. The molecule has 0 radical (unpaired) electrons. The predicted octanol–water partition coefficient (Wildman–Crippen LogP) is 4.88. The molecule has 2 N–H and O–H groups in total. The molecular formula is C25H26N4O2. The summed E-state index contributed by atoms with van der Waals surface area (Å²) in [6.07, 6.45) is 6.12. The van der Waals surface area contributed by atoms with Crippen LogP contribution in [0.4, 0.5) is 11.4 Å². The second-order valence-electron chi connectivity index (χ2n) is 8.35. The highest BCUT2D eigenvalue weighted by Crippen LogP contribution is 2.30. The van der Waals surface area contributed by atoms with Crippen LogP contribution < -0.4 is 10.6 Å². The monoisotopic (exact) mass is 414 g/mol. The van der Waals surface area contributed by atoms with Crippen LogP contribution in [0.5, 0.6) is 0 Å². The number of hydrogen-bond donors (Lipinski definition) is 2. The summed E-state index contributed by atoms with van der Waals surface area (Å²) in [6, 6.07) is 17.3. The van der Waals surface area contributed by atoms with Crippen LogP contribution in [0.15, 0.2) is 54.6 Å². The first-order chi connectivity index (χ1) is 15.2. The van der Waals surface area contributed by atoms with Crippen LogP contribution in [0.2, 0.25) is 0 Å². The molecule has 0 bridgehead atoms. The predicted molar refractivity (Wildman–Crippen MR) is 121 cm³/mol. The second-order valence-corrected chi connectivity index (χ2v) is 8.35. The SMILES string of the molecule is O=C(Nc1ccc(NC(=O)C2CC2)cc1)c1nc(-c2ccccc2)n2c1CCCCC2. The largest absolute Gasteiger partial charge is 0.327 e. The zero-order valence-electron chi connectivity index (χ0n) is 17.4. The van der Waals surface area contributed by atoms with E-state index in [-0.39, 0.29) is 17.7 Å². The third-order valence-electron chi connectivity index (χ3n) is 5.97. The van der Waals surface area contributed by atoms with E-state index in [4.69, 9.17) is 4.98 Å². The van der Waals surface area contributed by atoms with Gasteiger partial charge in [0, 0.05) is 29.4 Å². The molecule has 158 valence electrons. The number of nitrogens with zero attached hydrogens (tertiary/aromatic N) is 2. The van der Waals surface area contributed by atoms with Gasteiger partial charge in [-0.1, -0.05) is 36.8 Å². The van der Waals surface area contributed by atoms with Crippen LogP contribution in [-0.4, -0.2) is 21.4 Å². The number of imidazole rings is 1. The van der Waals surface area contributed by atoms with Crippen molar-refractivity contribution in [2.75, 3.05) is 10.6 Å². The van der Waals surface area contributed by atoms with Gasteiger partial charge in [0.05, 0.1) is 5.69 Å². The third kappa shape index (κ3) is 4.24. The van der Waals surface area contributed by atoms with Crippen LogP contribution in [0.25, 0.3) is 11.4 Å². The first-order valence-electron chi connectivity index (χ1n) is 11.1. The molecule has 2 amide bonds. The Hall–Kier alpha value is -3.41. The van der Waals surface area contributed by atoms with E-state index in [1.54, 1.807) is 0 Å². The van der Waals surface area contributed by atoms with Gasteiger partial charge in [0.15, 0.2) is 0 Å². The number of anilines is 2. The molecule has 1 aliphatic carbocycles. The van der Waals surface area contributed by atoms with Crippen molar-refractivity contribution >= 4 is 23.2 Å². The molecule has 31 heavy (non-hydrogen) atoms. The van der Waals surface area contributed by atoms with Gasteiger partial charge >= 0.3 is 0 Å². The van der Waals surface area contributed by atoms with E-state index in [0.717, 1.165) is 67.8 Å². The summed E-state index contributed by atoms with van der Waals surface area (Å²) >= 11 is 0. The lowest BCUT2D eigenvalue weighted by Gasteiger charge is -2.09. The van der Waals surface area contributed by atoms with Crippen molar-refractivity contribution in [3.05, 3.63) is 66.0 Å². The van der Waals surface area contributed by atoms with E-state index in [1.807, 2.05) is 54.6 Å². The maximum atomic E-state index is 13.1. The van der Waals surface area contributed by atoms with Crippen molar-refractivity contribution in [2.45, 2.75) is 45.1 Å². The molecule has 6 nitrogen and oxygen atoms in total. The quantitative estimate of drug-likeness (QED) is 0.625. The number of amides is 2. The minimum Gasteiger partial charge on any atom is -0.327 e. The molecular weight excluding hydrogens is 388 g/mol. The molecule has 2 heterocycles. The van der Waals surface area contributed by atoms with Gasteiger partial charge in [0.2, 0.25) is 5.91 Å². The van der Waals surface area contributed by atoms with Crippen LogP contribution in [0.3, 0.4) is 0 Å². The van der Waals surface area contributed by atoms with Gasteiger partial charge in [-0.15, -0.1) is 0 Å². The molecule has 1 aromatic heterocycles. The van der Waals surface area contributed by atoms with Gasteiger partial charge in [0.25, 0.3) is 5.91 Å². The van der Waals surface area contributed by atoms with E-state index in [2.05, 4.69) is 15.2 Å². The van der Waals surface area contributed by atoms with Crippen molar-refractivity contribution in [1.29, 1.82) is 0 Å². The maximum Gasteiger partial charge on any atom is 0.276 e. The van der Waals surface area contributed by atoms with Gasteiger partial charge in [0.1, 0.15) is 11.5 Å². The molecule has 2 aliphatic rings. The maximum absolute atomic E-state index is 13.1. The van der Waals surface area contributed by atoms with Crippen molar-refractivity contribution in [3.63, 3.8) is 0 Å². The zero-order chi connectivity index (χ0) is 21.2. The number of nitrogens with one attached hydrogen (secondary N) is 2. The molecule has 0 atom stereocenters. The first kappa shape index (κ1) is 19.5. The smallest absolute Gasteiger partial charge is 0.276 e. The zero-order valence-corrected chi connectivity index (χ0v) is 17.4. The molecule has 2 aromatic carbocycles. The first-order valence-corrected chi connectivity index (χ1v) is 11.1. The number of fused-ring (bicyclic) bond motifs is 1. The van der Waals surface area contributed by atoms with E-state index in [1.165, 1.54) is 0 Å². The number of hydrogen-bond acceptors (Lipinski definition) is 3. The normalized spacial score (nSPS) is 15.6. The minimum absolute atomic E-state index is 0.0749. The Balaban J connectivity index is 1.37. The molecule has 0 unspecified atom stereocenters. The Morgan fingerprint density at radius 2 is 1.58 bits per heavy atom. The number of carbonyl (C=O) groups excluding carboxylic acids is 2. The van der Waals surface area contributed by atoms with Gasteiger partial charge in [-0.05, 0) is 56.4 Å². The Bertz CT molecular complexity index is 1100. The topological polar surface area (TPSA) is 76.0 Å². The molecule has 0 spiro atoms. The molecule has 1 fully saturated rings. The number of carbonyl (C=O) groups is 2. The standard InChI is InChI=1S/C25H26N4O2/c30-24(18-10-11-18)26-19-12-14-20(15-13-19)27-25(31)22-21-9-5-2-6-16-29(21)23(28-22)17-7-3-1-4-8-17/h1,3-4,7-8,12-15,18H,2,5-6,9-11,16H2,(H,26,30)(H,27,31). The summed E-state index contributed by atoms with van der Waals surface area (Å²) in [5.74, 6) is 0.906. The lowest BCUT2D eigenvalue weighted by molar-refractivity contribution is -0.117. The summed E-state index contributed by atoms with van der Waals surface area (Å²) in [4.78, 5) is 29.8. The highest BCUT2D eigenvalue weighted by molar-refractivity contribution is 6.04. The highest BCUT2D eigenvalue weighted by atomic mass is 16.2. The number of rotatable bonds is 5. The van der Waals surface area contributed by atoms with Crippen molar-refractivity contribution < 1.29 is 9.59 Å². The highest BCUT2D eigenvalue weighted by Gasteiger charge is 2.29. The number of aromatic nitrogens is 2. The van der Waals surface area contributed by atoms with Crippen molar-refractivity contribution in [2.24, 2.45) is 5.92 Å². The molecule has 3 aromatic rings. The van der Waals surface area contributed by atoms with E-state index in [0.29, 0.717) is 11.4 Å². The molecule has 1 aliphatic heterocycles. The fourth-order valence-corrected chi connectivity index (χ4v) is 4.13. The van der Waals surface area contributed by atoms with Gasteiger partial charge < -0.3 is 15.2 Å². The van der Waals surface area contributed by atoms with E-state index >= 15 is 0 Å². The average Bonchev–Trinajstić information content (AvgIpc) is 3.61. The lowest BCUT2D eigenvalue weighted by Crippen LogP contribution is -2.16. The summed E-state index contributed by atoms with van der Waals surface area (Å²) < 4.78 is 2.22. The van der Waals surface area contributed by atoms with E-state index in [9.17, 15) is 9.59 Å². The Kier molecular flexibility index (Phi) is 5.28. The fraction of sp³-hybridized carbons (Fsp3) is 0.320. The molecule has 1 saturated carbocycles. The van der Waals surface area contributed by atoms with E-state index < -0.39 is 0 Å². The number of benzene rings is 2.